The van der Waals surface area contributed by atoms with Crippen molar-refractivity contribution in [2.45, 2.75) is 62.8 Å². The van der Waals surface area contributed by atoms with Crippen LogP contribution >= 0.6 is 34.7 Å². The summed E-state index contributed by atoms with van der Waals surface area (Å²) in [5, 5.41) is 22.7. The molecule has 1 aromatic carbocycles. The number of thioether (sulfide) groups is 1. The summed E-state index contributed by atoms with van der Waals surface area (Å²) in [6.45, 7) is 6.22. The van der Waals surface area contributed by atoms with Crippen LogP contribution in [0.15, 0.2) is 42.1 Å². The Hall–Kier alpha value is -2.43. The van der Waals surface area contributed by atoms with Gasteiger partial charge in [0.2, 0.25) is 11.0 Å². The third-order valence-electron chi connectivity index (χ3n) is 5.50. The van der Waals surface area contributed by atoms with E-state index >= 15 is 0 Å². The molecule has 180 valence electrons. The monoisotopic (exact) mass is 518 g/mol. The van der Waals surface area contributed by atoms with Crippen molar-refractivity contribution in [3.05, 3.63) is 52.8 Å². The molecule has 1 aliphatic rings. The topological polar surface area (TPSA) is 94.8 Å². The van der Waals surface area contributed by atoms with Gasteiger partial charge in [0, 0.05) is 17.5 Å². The van der Waals surface area contributed by atoms with E-state index in [2.05, 4.69) is 32.3 Å². The van der Waals surface area contributed by atoms with Gasteiger partial charge in [0.15, 0.2) is 17.1 Å². The summed E-state index contributed by atoms with van der Waals surface area (Å²) in [6.07, 6.45) is 7.46. The number of allylic oxidation sites excluding steroid dienone is 1. The highest BCUT2D eigenvalue weighted by Gasteiger charge is 2.22. The molecule has 2 aromatic heterocycles. The van der Waals surface area contributed by atoms with Crippen molar-refractivity contribution in [2.24, 2.45) is 0 Å². The zero-order valence-electron chi connectivity index (χ0n) is 18.9. The van der Waals surface area contributed by atoms with E-state index in [-0.39, 0.29) is 17.8 Å². The maximum absolute atomic E-state index is 12.5. The number of aromatic nitrogens is 5. The van der Waals surface area contributed by atoms with E-state index in [9.17, 15) is 4.79 Å². The number of halogens is 1. The van der Waals surface area contributed by atoms with E-state index in [1.807, 2.05) is 23.6 Å². The van der Waals surface area contributed by atoms with E-state index in [0.29, 0.717) is 39.3 Å². The largest absolute Gasteiger partial charge is 0.483 e. The molecule has 1 aliphatic carbocycles. The molecule has 2 heterocycles. The van der Waals surface area contributed by atoms with Crippen molar-refractivity contribution in [3.8, 4) is 5.75 Å². The zero-order valence-corrected chi connectivity index (χ0v) is 21.3. The van der Waals surface area contributed by atoms with Gasteiger partial charge in [0.1, 0.15) is 10.8 Å². The summed E-state index contributed by atoms with van der Waals surface area (Å²) in [5.41, 5.74) is 0. The highest BCUT2D eigenvalue weighted by molar-refractivity contribution is 7.99. The van der Waals surface area contributed by atoms with Gasteiger partial charge in [-0.15, -0.1) is 27.0 Å². The molecule has 1 fully saturated rings. The van der Waals surface area contributed by atoms with Gasteiger partial charge in [-0.05, 0) is 38.0 Å². The number of carbonyl (C=O) groups excluding carboxylic acids is 1. The minimum atomic E-state index is -0.367. The quantitative estimate of drug-likeness (QED) is 0.264. The van der Waals surface area contributed by atoms with Gasteiger partial charge in [-0.2, -0.15) is 0 Å². The van der Waals surface area contributed by atoms with Crippen LogP contribution in [0.3, 0.4) is 0 Å². The number of anilines is 1. The van der Waals surface area contributed by atoms with E-state index in [1.165, 1.54) is 42.4 Å². The second-order valence-corrected chi connectivity index (χ2v) is 10.5. The second kappa shape index (κ2) is 11.8. The van der Waals surface area contributed by atoms with Gasteiger partial charge in [-0.25, -0.2) is 0 Å². The maximum atomic E-state index is 12.5. The Morgan fingerprint density at radius 1 is 1.32 bits per heavy atom. The first kappa shape index (κ1) is 24.7. The van der Waals surface area contributed by atoms with Gasteiger partial charge < -0.3 is 4.74 Å². The molecule has 11 heteroatoms. The van der Waals surface area contributed by atoms with Crippen LogP contribution in [0.4, 0.5) is 5.13 Å². The summed E-state index contributed by atoms with van der Waals surface area (Å²) < 4.78 is 7.89. The Balaban J connectivity index is 1.36. The Bertz CT molecular complexity index is 1130. The molecule has 0 radical (unpaired) electrons. The Labute approximate surface area is 212 Å². The third kappa shape index (κ3) is 6.37. The first-order valence-corrected chi connectivity index (χ1v) is 13.4. The number of benzene rings is 1. The van der Waals surface area contributed by atoms with Crippen LogP contribution in [0.25, 0.3) is 0 Å². The predicted octanol–water partition coefficient (Wildman–Crippen LogP) is 5.89. The van der Waals surface area contributed by atoms with Crippen LogP contribution < -0.4 is 10.1 Å². The van der Waals surface area contributed by atoms with E-state index in [4.69, 9.17) is 16.3 Å². The molecule has 0 saturated heterocycles. The number of nitrogens with one attached hydrogen (secondary N) is 1. The normalized spacial score (nSPS) is 15.1. The Morgan fingerprint density at radius 3 is 2.91 bits per heavy atom. The minimum Gasteiger partial charge on any atom is -0.483 e. The Morgan fingerprint density at radius 2 is 2.15 bits per heavy atom. The lowest BCUT2D eigenvalue weighted by molar-refractivity contribution is -0.113. The predicted molar refractivity (Wildman–Crippen MR) is 136 cm³/mol. The number of amides is 1. The van der Waals surface area contributed by atoms with Crippen LogP contribution in [-0.2, 0) is 11.3 Å². The SMILES string of the molecule is C=CCn1c(SCC(=O)Nc2nnc(C3CCCCC3)s2)nnc1C(C)Oc1cccc(Cl)c1. The molecular weight excluding hydrogens is 492 g/mol. The van der Waals surface area contributed by atoms with Crippen LogP contribution in [0.1, 0.15) is 61.9 Å². The van der Waals surface area contributed by atoms with Gasteiger partial charge in [0.25, 0.3) is 0 Å². The van der Waals surface area contributed by atoms with Crippen LogP contribution in [0, 0.1) is 0 Å². The summed E-state index contributed by atoms with van der Waals surface area (Å²) >= 11 is 8.83. The fraction of sp³-hybridized carbons (Fsp3) is 0.435. The number of carbonyl (C=O) groups is 1. The maximum Gasteiger partial charge on any atom is 0.236 e. The first-order chi connectivity index (χ1) is 16.5. The van der Waals surface area contributed by atoms with Gasteiger partial charge in [-0.1, -0.05) is 66.1 Å². The molecule has 0 spiro atoms. The molecule has 4 rings (SSSR count). The number of ether oxygens (including phenoxy) is 1. The summed E-state index contributed by atoms with van der Waals surface area (Å²) in [6, 6.07) is 7.20. The molecule has 34 heavy (non-hydrogen) atoms. The fourth-order valence-electron chi connectivity index (χ4n) is 3.89. The molecule has 0 bridgehead atoms. The molecule has 3 aromatic rings. The lowest BCUT2D eigenvalue weighted by atomic mass is 9.90. The van der Waals surface area contributed by atoms with Crippen molar-refractivity contribution in [3.63, 3.8) is 0 Å². The van der Waals surface area contributed by atoms with Crippen LogP contribution in [0.2, 0.25) is 5.02 Å². The first-order valence-electron chi connectivity index (χ1n) is 11.3. The third-order valence-corrected chi connectivity index (χ3v) is 7.71. The van der Waals surface area contributed by atoms with E-state index in [0.717, 1.165) is 17.8 Å². The highest BCUT2D eigenvalue weighted by Crippen LogP contribution is 2.35. The molecular formula is C23H27ClN6O2S2. The average molecular weight is 519 g/mol. The summed E-state index contributed by atoms with van der Waals surface area (Å²) in [7, 11) is 0. The Kier molecular flexibility index (Phi) is 8.58. The zero-order chi connectivity index (χ0) is 23.9. The second-order valence-electron chi connectivity index (χ2n) is 8.07. The number of hydrogen-bond donors (Lipinski definition) is 1. The average Bonchev–Trinajstić information content (AvgIpc) is 3.46. The van der Waals surface area contributed by atoms with Gasteiger partial charge in [0.05, 0.1) is 5.75 Å². The van der Waals surface area contributed by atoms with Gasteiger partial charge >= 0.3 is 0 Å². The van der Waals surface area contributed by atoms with Gasteiger partial charge in [-0.3, -0.25) is 14.7 Å². The lowest BCUT2D eigenvalue weighted by Crippen LogP contribution is -2.15. The fourth-order valence-corrected chi connectivity index (χ4v) is 5.75. The van der Waals surface area contributed by atoms with Crippen LogP contribution in [-0.4, -0.2) is 36.6 Å². The number of nitrogens with zero attached hydrogens (tertiary/aromatic N) is 5. The molecule has 1 saturated carbocycles. The molecule has 1 atom stereocenters. The molecule has 1 amide bonds. The molecule has 8 nitrogen and oxygen atoms in total. The highest BCUT2D eigenvalue weighted by atomic mass is 35.5. The smallest absolute Gasteiger partial charge is 0.236 e. The van der Waals surface area contributed by atoms with Crippen molar-refractivity contribution >= 4 is 45.7 Å². The minimum absolute atomic E-state index is 0.158. The van der Waals surface area contributed by atoms with Crippen molar-refractivity contribution in [1.29, 1.82) is 0 Å². The standard InChI is InChI=1S/C23H27ClN6O2S2/c1-3-12-30-20(15(2)32-18-11-7-10-17(24)13-18)26-29-23(30)33-14-19(31)25-22-28-27-21(34-22)16-8-5-4-6-9-16/h3,7,10-11,13,15-16H,1,4-6,8-9,12,14H2,2H3,(H,25,28,31). The van der Waals surface area contributed by atoms with E-state index < -0.39 is 0 Å². The molecule has 0 aliphatic heterocycles. The summed E-state index contributed by atoms with van der Waals surface area (Å²) in [5.74, 6) is 1.78. The molecule has 1 N–H and O–H groups in total. The lowest BCUT2D eigenvalue weighted by Gasteiger charge is -2.18. The molecule has 1 unspecified atom stereocenters. The van der Waals surface area contributed by atoms with Crippen LogP contribution in [0.5, 0.6) is 5.75 Å². The van der Waals surface area contributed by atoms with Crippen molar-refractivity contribution in [1.82, 2.24) is 25.0 Å². The number of hydrogen-bond acceptors (Lipinski definition) is 8. The van der Waals surface area contributed by atoms with E-state index in [1.54, 1.807) is 18.2 Å². The van der Waals surface area contributed by atoms with Crippen molar-refractivity contribution in [2.75, 3.05) is 11.1 Å². The summed E-state index contributed by atoms with van der Waals surface area (Å²) in [4.78, 5) is 12.5. The van der Waals surface area contributed by atoms with Crippen molar-refractivity contribution < 1.29 is 9.53 Å². The number of rotatable bonds is 10.